The van der Waals surface area contributed by atoms with Crippen LogP contribution in [0, 0.1) is 0 Å². The van der Waals surface area contributed by atoms with E-state index >= 15 is 0 Å². The smallest absolute Gasteiger partial charge is 0.107 e. The van der Waals surface area contributed by atoms with Gasteiger partial charge in [0, 0.05) is 6.42 Å². The number of fused-ring (bicyclic) bond motifs is 1. The Morgan fingerprint density at radius 1 is 1.29 bits per heavy atom. The molecule has 0 fully saturated rings. The lowest BCUT2D eigenvalue weighted by Crippen LogP contribution is -1.86. The van der Waals surface area contributed by atoms with E-state index in [4.69, 9.17) is 0 Å². The number of aromatic nitrogens is 2. The number of imidazole rings is 1. The number of para-hydroxylation sites is 2. The first-order valence-corrected chi connectivity index (χ1v) is 4.84. The minimum absolute atomic E-state index is 0. The van der Waals surface area contributed by atoms with Crippen LogP contribution in [0.4, 0.5) is 0 Å². The molecule has 0 radical (unpaired) electrons. The number of aryl methyl sites for hydroxylation is 1. The van der Waals surface area contributed by atoms with Crippen LogP contribution in [0.15, 0.2) is 24.3 Å². The third-order valence-electron chi connectivity index (χ3n) is 2.21. The summed E-state index contributed by atoms with van der Waals surface area (Å²) in [5, 5.41) is 0. The fourth-order valence-electron chi connectivity index (χ4n) is 1.47. The fraction of sp³-hybridized carbons (Fsp3) is 0.364. The van der Waals surface area contributed by atoms with Crippen LogP contribution in [0.2, 0.25) is 0 Å². The number of unbranched alkanes of at least 4 members (excludes halogenated alkanes) is 1. The van der Waals surface area contributed by atoms with Crippen LogP contribution in [0.5, 0.6) is 0 Å². The third kappa shape index (κ3) is 2.12. The van der Waals surface area contributed by atoms with E-state index in [9.17, 15) is 0 Å². The van der Waals surface area contributed by atoms with Gasteiger partial charge in [0.05, 0.1) is 11.0 Å². The molecule has 0 aliphatic heterocycles. The van der Waals surface area contributed by atoms with Crippen LogP contribution >= 0.6 is 0 Å². The Bertz CT molecular complexity index is 359. The SMILES string of the molecule is CCCCc1nc2ccccc2[nH]1.N. The minimum Gasteiger partial charge on any atom is -0.344 e. The molecule has 14 heavy (non-hydrogen) atoms. The molecular formula is C11H17N3. The van der Waals surface area contributed by atoms with Crippen molar-refractivity contribution < 1.29 is 0 Å². The van der Waals surface area contributed by atoms with Crippen molar-refractivity contribution in [1.82, 2.24) is 16.1 Å². The van der Waals surface area contributed by atoms with Crippen LogP contribution in [-0.2, 0) is 6.42 Å². The molecule has 0 saturated heterocycles. The van der Waals surface area contributed by atoms with Gasteiger partial charge in [0.2, 0.25) is 0 Å². The largest absolute Gasteiger partial charge is 0.344 e. The summed E-state index contributed by atoms with van der Waals surface area (Å²) in [5.74, 6) is 1.11. The maximum atomic E-state index is 4.49. The Kier molecular flexibility index (Phi) is 3.65. The molecular weight excluding hydrogens is 174 g/mol. The summed E-state index contributed by atoms with van der Waals surface area (Å²) >= 11 is 0. The number of nitrogens with zero attached hydrogens (tertiary/aromatic N) is 1. The monoisotopic (exact) mass is 191 g/mol. The molecule has 0 bridgehead atoms. The first-order chi connectivity index (χ1) is 6.40. The quantitative estimate of drug-likeness (QED) is 0.783. The molecule has 3 heteroatoms. The first-order valence-electron chi connectivity index (χ1n) is 4.84. The van der Waals surface area contributed by atoms with E-state index in [1.165, 1.54) is 12.8 Å². The topological polar surface area (TPSA) is 63.7 Å². The zero-order valence-electron chi connectivity index (χ0n) is 8.59. The summed E-state index contributed by atoms with van der Waals surface area (Å²) in [5.41, 5.74) is 2.22. The highest BCUT2D eigenvalue weighted by Gasteiger charge is 1.99. The lowest BCUT2D eigenvalue weighted by Gasteiger charge is -1.90. The molecule has 4 N–H and O–H groups in total. The van der Waals surface area contributed by atoms with E-state index in [1.54, 1.807) is 0 Å². The van der Waals surface area contributed by atoms with Gasteiger partial charge in [-0.3, -0.25) is 0 Å². The second-order valence-corrected chi connectivity index (χ2v) is 3.30. The minimum atomic E-state index is 0. The fourth-order valence-corrected chi connectivity index (χ4v) is 1.47. The van der Waals surface area contributed by atoms with Crippen LogP contribution < -0.4 is 6.15 Å². The highest BCUT2D eigenvalue weighted by Crippen LogP contribution is 2.11. The summed E-state index contributed by atoms with van der Waals surface area (Å²) in [6, 6.07) is 8.16. The zero-order valence-corrected chi connectivity index (χ0v) is 8.59. The summed E-state index contributed by atoms with van der Waals surface area (Å²) in [6.45, 7) is 2.20. The van der Waals surface area contributed by atoms with Gasteiger partial charge in [0.25, 0.3) is 0 Å². The summed E-state index contributed by atoms with van der Waals surface area (Å²) in [4.78, 5) is 7.81. The van der Waals surface area contributed by atoms with E-state index in [2.05, 4.69) is 23.0 Å². The molecule has 0 unspecified atom stereocenters. The van der Waals surface area contributed by atoms with E-state index in [1.807, 2.05) is 18.2 Å². The van der Waals surface area contributed by atoms with Gasteiger partial charge in [-0.05, 0) is 18.6 Å². The number of H-pyrrole nitrogens is 1. The number of benzene rings is 1. The maximum absolute atomic E-state index is 4.49. The zero-order chi connectivity index (χ0) is 9.10. The van der Waals surface area contributed by atoms with Crippen molar-refractivity contribution in [2.24, 2.45) is 0 Å². The average molecular weight is 191 g/mol. The van der Waals surface area contributed by atoms with E-state index < -0.39 is 0 Å². The number of aromatic amines is 1. The predicted molar refractivity (Wildman–Crippen MR) is 59.7 cm³/mol. The van der Waals surface area contributed by atoms with Crippen molar-refractivity contribution in [3.05, 3.63) is 30.1 Å². The second-order valence-electron chi connectivity index (χ2n) is 3.30. The molecule has 2 aromatic rings. The molecule has 0 saturated carbocycles. The van der Waals surface area contributed by atoms with Crippen LogP contribution in [0.3, 0.4) is 0 Å². The first kappa shape index (κ1) is 10.7. The molecule has 0 atom stereocenters. The van der Waals surface area contributed by atoms with Crippen LogP contribution in [0.1, 0.15) is 25.6 Å². The van der Waals surface area contributed by atoms with Gasteiger partial charge in [-0.25, -0.2) is 4.98 Å². The molecule has 1 aromatic carbocycles. The van der Waals surface area contributed by atoms with Crippen molar-refractivity contribution >= 4 is 11.0 Å². The van der Waals surface area contributed by atoms with Gasteiger partial charge in [-0.1, -0.05) is 25.5 Å². The van der Waals surface area contributed by atoms with Crippen LogP contribution in [-0.4, -0.2) is 9.97 Å². The highest BCUT2D eigenvalue weighted by molar-refractivity contribution is 5.74. The highest BCUT2D eigenvalue weighted by atomic mass is 14.9. The second kappa shape index (κ2) is 4.77. The van der Waals surface area contributed by atoms with Gasteiger partial charge < -0.3 is 11.1 Å². The number of nitrogens with one attached hydrogen (secondary N) is 1. The Morgan fingerprint density at radius 2 is 2.07 bits per heavy atom. The molecule has 0 amide bonds. The molecule has 2 rings (SSSR count). The van der Waals surface area contributed by atoms with Gasteiger partial charge in [-0.15, -0.1) is 0 Å². The van der Waals surface area contributed by atoms with Gasteiger partial charge in [0.15, 0.2) is 0 Å². The van der Waals surface area contributed by atoms with Crippen molar-refractivity contribution in [3.8, 4) is 0 Å². The predicted octanol–water partition coefficient (Wildman–Crippen LogP) is 3.07. The molecule has 0 aliphatic carbocycles. The van der Waals surface area contributed by atoms with Gasteiger partial charge in [-0.2, -0.15) is 0 Å². The molecule has 1 aromatic heterocycles. The van der Waals surface area contributed by atoms with E-state index in [-0.39, 0.29) is 6.15 Å². The number of rotatable bonds is 3. The molecule has 0 aliphatic rings. The van der Waals surface area contributed by atoms with Crippen molar-refractivity contribution in [2.45, 2.75) is 26.2 Å². The summed E-state index contributed by atoms with van der Waals surface area (Å²) in [6.07, 6.45) is 3.49. The van der Waals surface area contributed by atoms with Crippen molar-refractivity contribution in [1.29, 1.82) is 0 Å². The average Bonchev–Trinajstić information content (AvgIpc) is 2.57. The van der Waals surface area contributed by atoms with Gasteiger partial charge >= 0.3 is 0 Å². The summed E-state index contributed by atoms with van der Waals surface area (Å²) in [7, 11) is 0. The van der Waals surface area contributed by atoms with Crippen molar-refractivity contribution in [2.75, 3.05) is 0 Å². The number of hydrogen-bond donors (Lipinski definition) is 2. The molecule has 76 valence electrons. The van der Waals surface area contributed by atoms with E-state index in [0.29, 0.717) is 0 Å². The standard InChI is InChI=1S/C11H14N2.H3N/c1-2-3-8-11-12-9-6-4-5-7-10(9)13-11;/h4-7H,2-3,8H2,1H3,(H,12,13);1H3. The number of hydrogen-bond acceptors (Lipinski definition) is 2. The van der Waals surface area contributed by atoms with E-state index in [0.717, 1.165) is 23.3 Å². The third-order valence-corrected chi connectivity index (χ3v) is 2.21. The summed E-state index contributed by atoms with van der Waals surface area (Å²) < 4.78 is 0. The Hall–Kier alpha value is -1.35. The molecule has 1 heterocycles. The van der Waals surface area contributed by atoms with Crippen molar-refractivity contribution in [3.63, 3.8) is 0 Å². The lowest BCUT2D eigenvalue weighted by atomic mass is 10.2. The Balaban J connectivity index is 0.000000980. The molecule has 3 nitrogen and oxygen atoms in total. The van der Waals surface area contributed by atoms with Gasteiger partial charge in [0.1, 0.15) is 5.82 Å². The molecule has 0 spiro atoms. The normalized spacial score (nSPS) is 10.1. The maximum Gasteiger partial charge on any atom is 0.107 e. The lowest BCUT2D eigenvalue weighted by molar-refractivity contribution is 0.765. The Labute approximate surface area is 84.1 Å². The Morgan fingerprint density at radius 3 is 2.79 bits per heavy atom. The van der Waals surface area contributed by atoms with Crippen LogP contribution in [0.25, 0.3) is 11.0 Å².